The number of anilines is 2. The third-order valence-corrected chi connectivity index (χ3v) is 4.50. The van der Waals surface area contributed by atoms with Gasteiger partial charge in [0.1, 0.15) is 5.75 Å². The number of amides is 2. The summed E-state index contributed by atoms with van der Waals surface area (Å²) in [5.41, 5.74) is 0.576. The molecule has 7 heteroatoms. The first-order valence-corrected chi connectivity index (χ1v) is 10.4. The van der Waals surface area contributed by atoms with Crippen LogP contribution in [0.4, 0.5) is 11.4 Å². The van der Waals surface area contributed by atoms with Crippen LogP contribution >= 0.6 is 0 Å². The van der Waals surface area contributed by atoms with Gasteiger partial charge in [-0.15, -0.1) is 0 Å². The van der Waals surface area contributed by atoms with Crippen LogP contribution in [0.5, 0.6) is 11.5 Å². The van der Waals surface area contributed by atoms with E-state index in [0.29, 0.717) is 22.9 Å². The van der Waals surface area contributed by atoms with E-state index in [4.69, 9.17) is 9.47 Å². The number of carbonyl (C=O) groups excluding carboxylic acids is 3. The van der Waals surface area contributed by atoms with E-state index in [2.05, 4.69) is 10.6 Å². The summed E-state index contributed by atoms with van der Waals surface area (Å²) >= 11 is 0. The Bertz CT molecular complexity index is 1140. The van der Waals surface area contributed by atoms with Gasteiger partial charge < -0.3 is 20.1 Å². The van der Waals surface area contributed by atoms with Gasteiger partial charge in [-0.2, -0.15) is 0 Å². The van der Waals surface area contributed by atoms with Gasteiger partial charge in [-0.1, -0.05) is 57.2 Å². The summed E-state index contributed by atoms with van der Waals surface area (Å²) in [6, 6.07) is 22.5. The molecule has 3 rings (SSSR count). The molecule has 3 aromatic rings. The Hall–Kier alpha value is -4.13. The lowest BCUT2D eigenvalue weighted by Gasteiger charge is -2.17. The van der Waals surface area contributed by atoms with E-state index in [1.165, 1.54) is 6.07 Å². The SMILES string of the molecule is CC(C)(C)C(=O)Nc1cccc(C(=O)OCC(=O)Nc2ccccc2Oc2ccccc2)c1. The predicted octanol–water partition coefficient (Wildman–Crippen LogP) is 5.26. The predicted molar refractivity (Wildman–Crippen MR) is 126 cm³/mol. The molecule has 0 aromatic heterocycles. The van der Waals surface area contributed by atoms with Crippen molar-refractivity contribution in [3.63, 3.8) is 0 Å². The van der Waals surface area contributed by atoms with Crippen LogP contribution in [0.1, 0.15) is 31.1 Å². The number of rotatable bonds is 7. The highest BCUT2D eigenvalue weighted by Gasteiger charge is 2.21. The number of hydrogen-bond donors (Lipinski definition) is 2. The maximum Gasteiger partial charge on any atom is 0.338 e. The fraction of sp³-hybridized carbons (Fsp3) is 0.192. The van der Waals surface area contributed by atoms with Crippen LogP contribution in [0.3, 0.4) is 0 Å². The lowest BCUT2D eigenvalue weighted by Crippen LogP contribution is -2.27. The third-order valence-electron chi connectivity index (χ3n) is 4.50. The molecule has 0 aliphatic rings. The lowest BCUT2D eigenvalue weighted by molar-refractivity contribution is -0.123. The van der Waals surface area contributed by atoms with Gasteiger partial charge in [0.2, 0.25) is 5.91 Å². The molecule has 0 saturated heterocycles. The van der Waals surface area contributed by atoms with Gasteiger partial charge in [-0.3, -0.25) is 9.59 Å². The average molecular weight is 447 g/mol. The second kappa shape index (κ2) is 10.5. The highest BCUT2D eigenvalue weighted by Crippen LogP contribution is 2.29. The Morgan fingerprint density at radius 3 is 2.24 bits per heavy atom. The van der Waals surface area contributed by atoms with E-state index in [1.807, 2.05) is 18.2 Å². The minimum atomic E-state index is -0.675. The van der Waals surface area contributed by atoms with Crippen LogP contribution in [-0.2, 0) is 14.3 Å². The van der Waals surface area contributed by atoms with E-state index in [-0.39, 0.29) is 11.5 Å². The number of nitrogens with one attached hydrogen (secondary N) is 2. The summed E-state index contributed by atoms with van der Waals surface area (Å²) in [6.07, 6.45) is 0. The molecule has 2 N–H and O–H groups in total. The first-order valence-electron chi connectivity index (χ1n) is 10.4. The van der Waals surface area contributed by atoms with Gasteiger partial charge in [0, 0.05) is 11.1 Å². The molecule has 0 atom stereocenters. The molecule has 33 heavy (non-hydrogen) atoms. The van der Waals surface area contributed by atoms with Crippen LogP contribution in [0.2, 0.25) is 0 Å². The van der Waals surface area contributed by atoms with Crippen molar-refractivity contribution in [3.8, 4) is 11.5 Å². The van der Waals surface area contributed by atoms with E-state index >= 15 is 0 Å². The van der Waals surface area contributed by atoms with Gasteiger partial charge in [-0.25, -0.2) is 4.79 Å². The monoisotopic (exact) mass is 446 g/mol. The Morgan fingerprint density at radius 1 is 0.818 bits per heavy atom. The van der Waals surface area contributed by atoms with Crippen molar-refractivity contribution in [2.24, 2.45) is 5.41 Å². The van der Waals surface area contributed by atoms with Gasteiger partial charge in [0.05, 0.1) is 11.3 Å². The molecular formula is C26H26N2O5. The molecular weight excluding hydrogens is 420 g/mol. The normalized spacial score (nSPS) is 10.8. The molecule has 3 aromatic carbocycles. The van der Waals surface area contributed by atoms with E-state index in [9.17, 15) is 14.4 Å². The van der Waals surface area contributed by atoms with Crippen molar-refractivity contribution in [2.75, 3.05) is 17.2 Å². The molecule has 0 bridgehead atoms. The summed E-state index contributed by atoms with van der Waals surface area (Å²) in [6.45, 7) is 4.91. The third kappa shape index (κ3) is 6.93. The molecule has 2 amide bonds. The first kappa shape index (κ1) is 23.5. The van der Waals surface area contributed by atoms with Crippen LogP contribution in [-0.4, -0.2) is 24.4 Å². The van der Waals surface area contributed by atoms with Crippen molar-refractivity contribution < 1.29 is 23.9 Å². The van der Waals surface area contributed by atoms with Crippen molar-refractivity contribution >= 4 is 29.2 Å². The van der Waals surface area contributed by atoms with Crippen LogP contribution in [0.25, 0.3) is 0 Å². The summed E-state index contributed by atoms with van der Waals surface area (Å²) < 4.78 is 11.0. The molecule has 7 nitrogen and oxygen atoms in total. The van der Waals surface area contributed by atoms with Crippen molar-refractivity contribution in [2.45, 2.75) is 20.8 Å². The molecule has 0 aliphatic carbocycles. The van der Waals surface area contributed by atoms with Crippen LogP contribution in [0.15, 0.2) is 78.9 Å². The smallest absolute Gasteiger partial charge is 0.338 e. The van der Waals surface area contributed by atoms with E-state index in [1.54, 1.807) is 75.4 Å². The first-order chi connectivity index (χ1) is 15.7. The fourth-order valence-corrected chi connectivity index (χ4v) is 2.72. The second-order valence-corrected chi connectivity index (χ2v) is 8.32. The van der Waals surface area contributed by atoms with Crippen molar-refractivity contribution in [1.82, 2.24) is 0 Å². The Kier molecular flexibility index (Phi) is 7.46. The zero-order valence-corrected chi connectivity index (χ0v) is 18.8. The van der Waals surface area contributed by atoms with E-state index < -0.39 is 23.9 Å². The maximum atomic E-state index is 12.4. The number of carbonyl (C=O) groups is 3. The van der Waals surface area contributed by atoms with E-state index in [0.717, 1.165) is 0 Å². The number of esters is 1. The topological polar surface area (TPSA) is 93.7 Å². The molecule has 0 unspecified atom stereocenters. The Morgan fingerprint density at radius 2 is 1.52 bits per heavy atom. The molecule has 0 spiro atoms. The van der Waals surface area contributed by atoms with Crippen LogP contribution in [0, 0.1) is 5.41 Å². The molecule has 0 saturated carbocycles. The summed E-state index contributed by atoms with van der Waals surface area (Å²) in [4.78, 5) is 36.9. The summed E-state index contributed by atoms with van der Waals surface area (Å²) in [5.74, 6) is -0.269. The zero-order valence-electron chi connectivity index (χ0n) is 18.8. The molecule has 0 aliphatic heterocycles. The minimum Gasteiger partial charge on any atom is -0.455 e. The quantitative estimate of drug-likeness (QED) is 0.483. The number of para-hydroxylation sites is 3. The Labute approximate surface area is 192 Å². The average Bonchev–Trinajstić information content (AvgIpc) is 2.79. The molecule has 0 heterocycles. The molecule has 0 radical (unpaired) electrons. The summed E-state index contributed by atoms with van der Waals surface area (Å²) in [5, 5.41) is 5.45. The number of ether oxygens (including phenoxy) is 2. The number of benzene rings is 3. The van der Waals surface area contributed by atoms with Gasteiger partial charge >= 0.3 is 5.97 Å². The highest BCUT2D eigenvalue weighted by molar-refractivity contribution is 5.98. The minimum absolute atomic E-state index is 0.177. The standard InChI is InChI=1S/C26H26N2O5/c1-26(2,3)25(31)27-19-11-9-10-18(16-19)24(30)32-17-23(29)28-21-14-7-8-15-22(21)33-20-12-5-4-6-13-20/h4-16H,17H2,1-3H3,(H,27,31)(H,28,29). The maximum absolute atomic E-state index is 12.4. The van der Waals surface area contributed by atoms with Gasteiger partial charge in [-0.05, 0) is 42.5 Å². The highest BCUT2D eigenvalue weighted by atomic mass is 16.5. The van der Waals surface area contributed by atoms with Crippen molar-refractivity contribution in [1.29, 1.82) is 0 Å². The molecule has 0 fully saturated rings. The van der Waals surface area contributed by atoms with Gasteiger partial charge in [0.15, 0.2) is 12.4 Å². The largest absolute Gasteiger partial charge is 0.455 e. The van der Waals surface area contributed by atoms with Gasteiger partial charge in [0.25, 0.3) is 5.91 Å². The Balaban J connectivity index is 1.58. The zero-order chi connectivity index (χ0) is 23.8. The second-order valence-electron chi connectivity index (χ2n) is 8.32. The summed E-state index contributed by atoms with van der Waals surface area (Å²) in [7, 11) is 0. The van der Waals surface area contributed by atoms with Crippen molar-refractivity contribution in [3.05, 3.63) is 84.4 Å². The van der Waals surface area contributed by atoms with Crippen LogP contribution < -0.4 is 15.4 Å². The lowest BCUT2D eigenvalue weighted by atomic mass is 9.95. The fourth-order valence-electron chi connectivity index (χ4n) is 2.72. The number of hydrogen-bond acceptors (Lipinski definition) is 5. The molecule has 170 valence electrons.